The Bertz CT molecular complexity index is 459. The zero-order valence-corrected chi connectivity index (χ0v) is 13.7. The molecule has 4 heteroatoms. The quantitative estimate of drug-likeness (QED) is 0.858. The van der Waals surface area contributed by atoms with Crippen LogP contribution < -0.4 is 4.90 Å². The number of carbonyl (C=O) groups is 1. The molecule has 1 aromatic heterocycles. The van der Waals surface area contributed by atoms with Crippen LogP contribution in [-0.2, 0) is 4.79 Å². The Balaban J connectivity index is 1.83. The van der Waals surface area contributed by atoms with Gasteiger partial charge in [0.25, 0.3) is 0 Å². The summed E-state index contributed by atoms with van der Waals surface area (Å²) in [5, 5.41) is 0. The first-order valence-electron chi connectivity index (χ1n) is 7.79. The lowest BCUT2D eigenvalue weighted by molar-refractivity contribution is -0.138. The van der Waals surface area contributed by atoms with Gasteiger partial charge in [-0.3, -0.25) is 4.79 Å². The van der Waals surface area contributed by atoms with E-state index in [1.165, 1.54) is 0 Å². The maximum absolute atomic E-state index is 12.2. The van der Waals surface area contributed by atoms with Gasteiger partial charge in [-0.25, -0.2) is 4.98 Å². The van der Waals surface area contributed by atoms with E-state index < -0.39 is 0 Å². The molecule has 0 aromatic carbocycles. The Morgan fingerprint density at radius 1 is 1.33 bits per heavy atom. The van der Waals surface area contributed by atoms with Crippen LogP contribution in [-0.4, -0.2) is 42.5 Å². The van der Waals surface area contributed by atoms with E-state index in [0.717, 1.165) is 38.3 Å². The van der Waals surface area contributed by atoms with Crippen LogP contribution in [0.1, 0.15) is 33.6 Å². The first-order chi connectivity index (χ1) is 9.88. The maximum Gasteiger partial charge on any atom is 0.227 e. The van der Waals surface area contributed by atoms with Crippen LogP contribution in [0.25, 0.3) is 0 Å². The molecular weight excluding hydrogens is 262 g/mol. The minimum atomic E-state index is -0.288. The first-order valence-corrected chi connectivity index (χ1v) is 7.79. The van der Waals surface area contributed by atoms with Crippen molar-refractivity contribution in [3.8, 4) is 0 Å². The number of anilines is 1. The van der Waals surface area contributed by atoms with Gasteiger partial charge in [0.15, 0.2) is 0 Å². The molecule has 2 rings (SSSR count). The lowest BCUT2D eigenvalue weighted by Crippen LogP contribution is -2.42. The summed E-state index contributed by atoms with van der Waals surface area (Å²) in [5.74, 6) is 1.89. The Kier molecular flexibility index (Phi) is 4.86. The number of rotatable bonds is 3. The zero-order valence-electron chi connectivity index (χ0n) is 13.7. The summed E-state index contributed by atoms with van der Waals surface area (Å²) >= 11 is 0. The van der Waals surface area contributed by atoms with Gasteiger partial charge in [-0.2, -0.15) is 0 Å². The van der Waals surface area contributed by atoms with E-state index in [-0.39, 0.29) is 11.3 Å². The van der Waals surface area contributed by atoms with Crippen molar-refractivity contribution in [1.29, 1.82) is 0 Å². The van der Waals surface area contributed by atoms with E-state index in [2.05, 4.69) is 16.0 Å². The SMILES string of the molecule is CN(CC1CCN(c2ccccn2)CC1)C(=O)C(C)(C)C. The molecule has 0 aliphatic carbocycles. The molecule has 4 nitrogen and oxygen atoms in total. The minimum Gasteiger partial charge on any atom is -0.357 e. The smallest absolute Gasteiger partial charge is 0.227 e. The van der Waals surface area contributed by atoms with Crippen molar-refractivity contribution in [1.82, 2.24) is 9.88 Å². The molecule has 21 heavy (non-hydrogen) atoms. The van der Waals surface area contributed by atoms with Crippen molar-refractivity contribution < 1.29 is 4.79 Å². The van der Waals surface area contributed by atoms with Crippen molar-refractivity contribution >= 4 is 11.7 Å². The van der Waals surface area contributed by atoms with Crippen LogP contribution in [0.3, 0.4) is 0 Å². The fraction of sp³-hybridized carbons (Fsp3) is 0.647. The molecule has 2 heterocycles. The highest BCUT2D eigenvalue weighted by atomic mass is 16.2. The second-order valence-electron chi connectivity index (χ2n) is 7.05. The fourth-order valence-corrected chi connectivity index (χ4v) is 2.93. The van der Waals surface area contributed by atoms with Gasteiger partial charge in [0.2, 0.25) is 5.91 Å². The van der Waals surface area contributed by atoms with Crippen LogP contribution in [0.2, 0.25) is 0 Å². The highest BCUT2D eigenvalue weighted by Gasteiger charge is 2.28. The van der Waals surface area contributed by atoms with E-state index in [1.807, 2.05) is 51.0 Å². The van der Waals surface area contributed by atoms with Crippen molar-refractivity contribution in [2.24, 2.45) is 11.3 Å². The van der Waals surface area contributed by atoms with E-state index >= 15 is 0 Å². The predicted octanol–water partition coefficient (Wildman–Crippen LogP) is 2.80. The van der Waals surface area contributed by atoms with Crippen molar-refractivity contribution in [2.45, 2.75) is 33.6 Å². The average Bonchev–Trinajstić information content (AvgIpc) is 2.47. The number of hydrogen-bond acceptors (Lipinski definition) is 3. The maximum atomic E-state index is 12.2. The van der Waals surface area contributed by atoms with Crippen LogP contribution in [0.5, 0.6) is 0 Å². The summed E-state index contributed by atoms with van der Waals surface area (Å²) in [7, 11) is 1.93. The van der Waals surface area contributed by atoms with Gasteiger partial charge < -0.3 is 9.80 Å². The molecule has 1 aliphatic heterocycles. The molecule has 116 valence electrons. The zero-order chi connectivity index (χ0) is 15.5. The molecule has 1 aliphatic rings. The number of piperidine rings is 1. The van der Waals surface area contributed by atoms with Gasteiger partial charge in [0, 0.05) is 38.3 Å². The minimum absolute atomic E-state index is 0.231. The van der Waals surface area contributed by atoms with Crippen LogP contribution >= 0.6 is 0 Å². The predicted molar refractivity (Wildman–Crippen MR) is 86.3 cm³/mol. The molecule has 1 amide bonds. The van der Waals surface area contributed by atoms with Crippen LogP contribution in [0.15, 0.2) is 24.4 Å². The van der Waals surface area contributed by atoms with E-state index in [9.17, 15) is 4.79 Å². The lowest BCUT2D eigenvalue weighted by Gasteiger charge is -2.35. The molecule has 1 aromatic rings. The molecular formula is C17H27N3O. The summed E-state index contributed by atoms with van der Waals surface area (Å²) < 4.78 is 0. The lowest BCUT2D eigenvalue weighted by atomic mass is 9.92. The Morgan fingerprint density at radius 2 is 2.00 bits per heavy atom. The molecule has 0 atom stereocenters. The molecule has 0 saturated carbocycles. The molecule has 0 spiro atoms. The first kappa shape index (κ1) is 15.8. The molecule has 1 saturated heterocycles. The highest BCUT2D eigenvalue weighted by molar-refractivity contribution is 5.81. The third-order valence-electron chi connectivity index (χ3n) is 4.11. The summed E-state index contributed by atoms with van der Waals surface area (Å²) in [6, 6.07) is 6.04. The summed E-state index contributed by atoms with van der Waals surface area (Å²) in [6.45, 7) is 8.87. The molecule has 1 fully saturated rings. The molecule has 0 radical (unpaired) electrons. The summed E-state index contributed by atoms with van der Waals surface area (Å²) in [4.78, 5) is 20.9. The second-order valence-corrected chi connectivity index (χ2v) is 7.05. The molecule has 0 unspecified atom stereocenters. The van der Waals surface area contributed by atoms with Gasteiger partial charge in [0.1, 0.15) is 5.82 Å². The Morgan fingerprint density at radius 3 is 2.52 bits per heavy atom. The van der Waals surface area contributed by atoms with Gasteiger partial charge in [0.05, 0.1) is 0 Å². The van der Waals surface area contributed by atoms with Gasteiger partial charge >= 0.3 is 0 Å². The van der Waals surface area contributed by atoms with Gasteiger partial charge in [-0.1, -0.05) is 26.8 Å². The number of carbonyl (C=O) groups excluding carboxylic acids is 1. The summed E-state index contributed by atoms with van der Waals surface area (Å²) in [6.07, 6.45) is 4.09. The van der Waals surface area contributed by atoms with Crippen LogP contribution in [0, 0.1) is 11.3 Å². The van der Waals surface area contributed by atoms with E-state index in [4.69, 9.17) is 0 Å². The Hall–Kier alpha value is -1.58. The number of hydrogen-bond donors (Lipinski definition) is 0. The number of pyridine rings is 1. The fourth-order valence-electron chi connectivity index (χ4n) is 2.93. The van der Waals surface area contributed by atoms with Crippen LogP contribution in [0.4, 0.5) is 5.82 Å². The topological polar surface area (TPSA) is 36.4 Å². The Labute approximate surface area is 128 Å². The third kappa shape index (κ3) is 4.19. The average molecular weight is 289 g/mol. The van der Waals surface area contributed by atoms with Crippen molar-refractivity contribution in [2.75, 3.05) is 31.6 Å². The monoisotopic (exact) mass is 289 g/mol. The van der Waals surface area contributed by atoms with Gasteiger partial charge in [-0.15, -0.1) is 0 Å². The largest absolute Gasteiger partial charge is 0.357 e. The van der Waals surface area contributed by atoms with Crippen molar-refractivity contribution in [3.05, 3.63) is 24.4 Å². The molecule has 0 bridgehead atoms. The number of aromatic nitrogens is 1. The van der Waals surface area contributed by atoms with Crippen molar-refractivity contribution in [3.63, 3.8) is 0 Å². The molecule has 0 N–H and O–H groups in total. The van der Waals surface area contributed by atoms with E-state index in [0.29, 0.717) is 5.92 Å². The normalized spacial score (nSPS) is 16.9. The third-order valence-corrected chi connectivity index (χ3v) is 4.11. The standard InChI is InChI=1S/C17H27N3O/c1-17(2,3)16(21)19(4)13-14-8-11-20(12-9-14)15-7-5-6-10-18-15/h5-7,10,14H,8-9,11-13H2,1-4H3. The highest BCUT2D eigenvalue weighted by Crippen LogP contribution is 2.24. The van der Waals surface area contributed by atoms with Gasteiger partial charge in [-0.05, 0) is 30.9 Å². The van der Waals surface area contributed by atoms with E-state index in [1.54, 1.807) is 0 Å². The summed E-state index contributed by atoms with van der Waals surface area (Å²) in [5.41, 5.74) is -0.288. The second kappa shape index (κ2) is 6.46. The number of amides is 1. The number of nitrogens with zero attached hydrogens (tertiary/aromatic N) is 3.